The number of nitrogens with one attached hydrogen (secondary N) is 2. The maximum Gasteiger partial charge on any atom is 0.421 e. The molecule has 0 spiro atoms. The second kappa shape index (κ2) is 11.5. The Morgan fingerprint density at radius 3 is 2.66 bits per heavy atom. The normalized spacial score (nSPS) is 13.8. The van der Waals surface area contributed by atoms with Gasteiger partial charge in [0.2, 0.25) is 0 Å². The van der Waals surface area contributed by atoms with Crippen LogP contribution in [0.15, 0.2) is 18.2 Å². The van der Waals surface area contributed by atoms with Gasteiger partial charge in [0.15, 0.2) is 5.82 Å². The second-order valence-electron chi connectivity index (χ2n) is 7.76. The molecule has 1 aromatic carbocycles. The molecular formula is C22H33N7O3. The van der Waals surface area contributed by atoms with Crippen LogP contribution in [0.3, 0.4) is 0 Å². The lowest BCUT2D eigenvalue weighted by Gasteiger charge is -2.21. The number of methoxy groups -OCH3 is 1. The fraction of sp³-hybridized carbons (Fsp3) is 0.500. The molecule has 0 radical (unpaired) electrons. The second-order valence-corrected chi connectivity index (χ2v) is 7.76. The molecule has 6 N–H and O–H groups in total. The highest BCUT2D eigenvalue weighted by atomic mass is 16.5. The van der Waals surface area contributed by atoms with Crippen molar-refractivity contribution in [1.29, 1.82) is 0 Å². The van der Waals surface area contributed by atoms with E-state index in [0.717, 1.165) is 49.2 Å². The number of nitrogens with two attached hydrogens (primary N) is 2. The molecule has 1 saturated heterocycles. The molecule has 1 aliphatic heterocycles. The van der Waals surface area contributed by atoms with E-state index >= 15 is 0 Å². The largest absolute Gasteiger partial charge is 0.463 e. The van der Waals surface area contributed by atoms with Gasteiger partial charge in [0.05, 0.1) is 13.7 Å². The third-order valence-electron chi connectivity index (χ3n) is 5.40. The number of anilines is 2. The Balaban J connectivity index is 1.99. The van der Waals surface area contributed by atoms with Gasteiger partial charge >= 0.3 is 12.1 Å². The van der Waals surface area contributed by atoms with Crippen molar-refractivity contribution in [2.75, 3.05) is 38.3 Å². The molecule has 0 unspecified atom stereocenters. The smallest absolute Gasteiger partial charge is 0.421 e. The molecule has 0 aliphatic carbocycles. The number of nitrogens with zero attached hydrogens (tertiary/aromatic N) is 3. The Morgan fingerprint density at radius 2 is 1.94 bits per heavy atom. The molecule has 1 aliphatic rings. The van der Waals surface area contributed by atoms with E-state index in [-0.39, 0.29) is 11.8 Å². The van der Waals surface area contributed by atoms with E-state index in [1.54, 1.807) is 0 Å². The summed E-state index contributed by atoms with van der Waals surface area (Å²) < 4.78 is 10.3. The van der Waals surface area contributed by atoms with E-state index in [2.05, 4.69) is 43.4 Å². The van der Waals surface area contributed by atoms with Gasteiger partial charge in [-0.3, -0.25) is 10.3 Å². The number of hydrazine groups is 1. The Morgan fingerprint density at radius 1 is 1.19 bits per heavy atom. The third-order valence-corrected chi connectivity index (χ3v) is 5.40. The van der Waals surface area contributed by atoms with Crippen LogP contribution in [0, 0.1) is 0 Å². The zero-order valence-electron chi connectivity index (χ0n) is 18.8. The van der Waals surface area contributed by atoms with Crippen LogP contribution >= 0.6 is 0 Å². The van der Waals surface area contributed by atoms with Crippen LogP contribution in [0.1, 0.15) is 43.7 Å². The maximum absolute atomic E-state index is 11.4. The van der Waals surface area contributed by atoms with Crippen LogP contribution in [-0.2, 0) is 17.8 Å². The summed E-state index contributed by atoms with van der Waals surface area (Å²) >= 11 is 0. The van der Waals surface area contributed by atoms with Crippen molar-refractivity contribution < 1.29 is 14.3 Å². The summed E-state index contributed by atoms with van der Waals surface area (Å²) in [7, 11) is 1.31. The number of rotatable bonds is 10. The molecule has 32 heavy (non-hydrogen) atoms. The number of unbranched alkanes of at least 4 members (excludes halogenated alkanes) is 1. The number of benzene rings is 1. The van der Waals surface area contributed by atoms with Crippen molar-refractivity contribution in [3.05, 3.63) is 29.3 Å². The fourth-order valence-electron chi connectivity index (χ4n) is 3.71. The van der Waals surface area contributed by atoms with Crippen LogP contribution in [0.2, 0.25) is 0 Å². The van der Waals surface area contributed by atoms with Gasteiger partial charge < -0.3 is 20.9 Å². The summed E-state index contributed by atoms with van der Waals surface area (Å²) in [4.78, 5) is 22.7. The van der Waals surface area contributed by atoms with Crippen molar-refractivity contribution >= 4 is 17.6 Å². The first-order valence-electron chi connectivity index (χ1n) is 11.0. The van der Waals surface area contributed by atoms with E-state index in [0.29, 0.717) is 24.5 Å². The molecule has 1 aromatic heterocycles. The molecule has 10 heteroatoms. The van der Waals surface area contributed by atoms with Crippen molar-refractivity contribution in [1.82, 2.24) is 25.7 Å². The van der Waals surface area contributed by atoms with Gasteiger partial charge in [0.1, 0.15) is 11.4 Å². The number of aromatic nitrogens is 2. The number of carbonyl (C=O) groups excluding carboxylic acids is 1. The first kappa shape index (κ1) is 23.6. The molecule has 3 rings (SSSR count). The summed E-state index contributed by atoms with van der Waals surface area (Å²) in [5, 5.41) is 0. The van der Waals surface area contributed by atoms with Crippen LogP contribution in [0.25, 0.3) is 11.3 Å². The van der Waals surface area contributed by atoms with Crippen molar-refractivity contribution in [2.45, 2.75) is 45.7 Å². The molecule has 1 fully saturated rings. The number of ether oxygens (including phenoxy) is 2. The minimum Gasteiger partial charge on any atom is -0.463 e. The Kier molecular flexibility index (Phi) is 8.46. The lowest BCUT2D eigenvalue weighted by atomic mass is 9.96. The van der Waals surface area contributed by atoms with Gasteiger partial charge in [-0.2, -0.15) is 9.97 Å². The number of hydrogen-bond acceptors (Lipinski definition) is 9. The van der Waals surface area contributed by atoms with Gasteiger partial charge in [-0.15, -0.1) is 0 Å². The van der Waals surface area contributed by atoms with E-state index < -0.39 is 6.09 Å². The number of hydrogen-bond donors (Lipinski definition) is 4. The average Bonchev–Trinajstić information content (AvgIpc) is 3.29. The summed E-state index contributed by atoms with van der Waals surface area (Å²) in [6, 6.07) is 6.23. The van der Waals surface area contributed by atoms with E-state index in [1.807, 2.05) is 12.1 Å². The number of likely N-dealkylation sites (tertiary alicyclic amines) is 1. The van der Waals surface area contributed by atoms with Gasteiger partial charge in [-0.05, 0) is 43.5 Å². The van der Waals surface area contributed by atoms with Crippen LogP contribution < -0.4 is 27.1 Å². The standard InChI is InChI=1S/C22H33N7O3/c1-3-4-12-32-21-26-19(18(23)20(24)27-21)17-15(13-25-28-22(30)31-2)8-7-9-16(17)14-29-10-5-6-11-29/h7-9,25H,3-6,10-14,23H2,1-2H3,(H,28,30)(H2,24,26,27). The molecule has 10 nitrogen and oxygen atoms in total. The molecule has 1 amide bonds. The minimum atomic E-state index is -0.572. The first-order chi connectivity index (χ1) is 15.5. The van der Waals surface area contributed by atoms with E-state index in [1.165, 1.54) is 20.0 Å². The van der Waals surface area contributed by atoms with Crippen LogP contribution in [-0.4, -0.2) is 47.8 Å². The molecule has 2 aromatic rings. The molecular weight excluding hydrogens is 410 g/mol. The topological polar surface area (TPSA) is 141 Å². The van der Waals surface area contributed by atoms with Gasteiger partial charge in [0.25, 0.3) is 0 Å². The summed E-state index contributed by atoms with van der Waals surface area (Å²) in [5.41, 5.74) is 21.6. The highest BCUT2D eigenvalue weighted by Crippen LogP contribution is 2.35. The molecule has 2 heterocycles. The minimum absolute atomic E-state index is 0.184. The van der Waals surface area contributed by atoms with Gasteiger partial charge in [-0.1, -0.05) is 31.5 Å². The zero-order valence-corrected chi connectivity index (χ0v) is 18.8. The van der Waals surface area contributed by atoms with E-state index in [4.69, 9.17) is 16.2 Å². The summed E-state index contributed by atoms with van der Waals surface area (Å²) in [6.07, 6.45) is 3.70. The van der Waals surface area contributed by atoms with Crippen LogP contribution in [0.4, 0.5) is 16.3 Å². The highest BCUT2D eigenvalue weighted by molar-refractivity contribution is 5.83. The number of amides is 1. The van der Waals surface area contributed by atoms with Crippen molar-refractivity contribution in [3.8, 4) is 17.3 Å². The molecule has 0 saturated carbocycles. The maximum atomic E-state index is 11.4. The third kappa shape index (κ3) is 5.98. The number of nitrogen functional groups attached to an aromatic ring is 2. The average molecular weight is 444 g/mol. The lowest BCUT2D eigenvalue weighted by Crippen LogP contribution is -2.36. The summed E-state index contributed by atoms with van der Waals surface area (Å²) in [5.74, 6) is 0.184. The predicted octanol–water partition coefficient (Wildman–Crippen LogP) is 2.44. The lowest BCUT2D eigenvalue weighted by molar-refractivity contribution is 0.165. The monoisotopic (exact) mass is 443 g/mol. The Bertz CT molecular complexity index is 917. The quantitative estimate of drug-likeness (QED) is 0.322. The summed E-state index contributed by atoms with van der Waals surface area (Å²) in [6.45, 7) is 5.81. The SMILES string of the molecule is CCCCOc1nc(N)c(N)c(-c2c(CNNC(=O)OC)cccc2CN2CCCC2)n1. The predicted molar refractivity (Wildman–Crippen MR) is 124 cm³/mol. The molecule has 0 atom stereocenters. The van der Waals surface area contributed by atoms with E-state index in [9.17, 15) is 4.79 Å². The fourth-order valence-corrected chi connectivity index (χ4v) is 3.71. The van der Waals surface area contributed by atoms with Gasteiger partial charge in [0, 0.05) is 18.7 Å². The Hall–Kier alpha value is -3.11. The van der Waals surface area contributed by atoms with Crippen molar-refractivity contribution in [2.24, 2.45) is 0 Å². The molecule has 0 bridgehead atoms. The van der Waals surface area contributed by atoms with Crippen molar-refractivity contribution in [3.63, 3.8) is 0 Å². The van der Waals surface area contributed by atoms with Crippen LogP contribution in [0.5, 0.6) is 6.01 Å². The van der Waals surface area contributed by atoms with Gasteiger partial charge in [-0.25, -0.2) is 10.2 Å². The zero-order chi connectivity index (χ0) is 22.9. The Labute approximate surface area is 188 Å². The number of carbonyl (C=O) groups is 1. The highest BCUT2D eigenvalue weighted by Gasteiger charge is 2.21. The first-order valence-corrected chi connectivity index (χ1v) is 11.0. The molecule has 174 valence electrons.